The fourth-order valence-corrected chi connectivity index (χ4v) is 5.59. The molecule has 7 nitrogen and oxygen atoms in total. The number of aromatic nitrogens is 3. The van der Waals surface area contributed by atoms with Gasteiger partial charge in [0.05, 0.1) is 21.7 Å². The molecule has 0 fully saturated rings. The number of carbonyl (C=O) groups is 1. The SMILES string of the molecule is CCCCn1c(SCC(=O)c2cc(C)n(-c3ccccc3)c2C)nc2cc(S(N)(=O)=O)ccc21. The van der Waals surface area contributed by atoms with Gasteiger partial charge in [-0.05, 0) is 56.7 Å². The molecule has 0 bridgehead atoms. The van der Waals surface area contributed by atoms with E-state index in [4.69, 9.17) is 5.14 Å². The average molecular weight is 497 g/mol. The van der Waals surface area contributed by atoms with Crippen LogP contribution in [0.5, 0.6) is 0 Å². The Morgan fingerprint density at radius 1 is 1.09 bits per heavy atom. The van der Waals surface area contributed by atoms with E-state index in [0.29, 0.717) is 16.2 Å². The molecule has 2 aromatic heterocycles. The van der Waals surface area contributed by atoms with Gasteiger partial charge >= 0.3 is 0 Å². The Morgan fingerprint density at radius 2 is 1.82 bits per heavy atom. The smallest absolute Gasteiger partial charge is 0.238 e. The zero-order valence-corrected chi connectivity index (χ0v) is 21.1. The Bertz CT molecular complexity index is 1450. The van der Waals surface area contributed by atoms with Gasteiger partial charge in [0, 0.05) is 29.2 Å². The number of nitrogens with zero attached hydrogens (tertiary/aromatic N) is 3. The molecule has 4 rings (SSSR count). The molecule has 0 amide bonds. The van der Waals surface area contributed by atoms with E-state index in [1.807, 2.05) is 50.2 Å². The lowest BCUT2D eigenvalue weighted by atomic mass is 10.2. The second kappa shape index (κ2) is 9.77. The largest absolute Gasteiger partial charge is 0.319 e. The third-order valence-electron chi connectivity index (χ3n) is 5.83. The summed E-state index contributed by atoms with van der Waals surface area (Å²) in [6.07, 6.45) is 1.95. The first-order valence-corrected chi connectivity index (χ1v) is 13.7. The van der Waals surface area contributed by atoms with Gasteiger partial charge in [0.1, 0.15) is 0 Å². The maximum absolute atomic E-state index is 13.2. The van der Waals surface area contributed by atoms with Crippen LogP contribution in [-0.2, 0) is 16.6 Å². The van der Waals surface area contributed by atoms with Gasteiger partial charge in [0.2, 0.25) is 10.0 Å². The molecule has 0 aliphatic carbocycles. The number of aryl methyl sites for hydroxylation is 2. The van der Waals surface area contributed by atoms with Crippen molar-refractivity contribution in [1.29, 1.82) is 0 Å². The summed E-state index contributed by atoms with van der Waals surface area (Å²) in [5.74, 6) is 0.260. The molecular weight excluding hydrogens is 468 g/mol. The van der Waals surface area contributed by atoms with Crippen LogP contribution in [0.3, 0.4) is 0 Å². The number of rotatable bonds is 9. The van der Waals surface area contributed by atoms with Crippen molar-refractivity contribution in [3.8, 4) is 5.69 Å². The fourth-order valence-electron chi connectivity index (χ4n) is 4.13. The monoisotopic (exact) mass is 496 g/mol. The molecule has 0 spiro atoms. The number of imidazole rings is 1. The molecule has 0 radical (unpaired) electrons. The Balaban J connectivity index is 1.62. The highest BCUT2D eigenvalue weighted by molar-refractivity contribution is 7.99. The van der Waals surface area contributed by atoms with Gasteiger partial charge in [-0.1, -0.05) is 43.3 Å². The Labute approximate surface area is 204 Å². The molecule has 4 aromatic rings. The van der Waals surface area contributed by atoms with Gasteiger partial charge in [-0.15, -0.1) is 0 Å². The second-order valence-corrected chi connectivity index (χ2v) is 10.8. The molecule has 0 aliphatic heterocycles. The Kier molecular flexibility index (Phi) is 6.97. The minimum absolute atomic E-state index is 0.0274. The molecule has 34 heavy (non-hydrogen) atoms. The van der Waals surface area contributed by atoms with E-state index in [-0.39, 0.29) is 16.4 Å². The van der Waals surface area contributed by atoms with Crippen LogP contribution in [0.25, 0.3) is 16.7 Å². The van der Waals surface area contributed by atoms with Crippen LogP contribution >= 0.6 is 11.8 Å². The molecule has 178 valence electrons. The topological polar surface area (TPSA) is 100.0 Å². The second-order valence-electron chi connectivity index (χ2n) is 8.26. The van der Waals surface area contributed by atoms with E-state index >= 15 is 0 Å². The van der Waals surface area contributed by atoms with Gasteiger partial charge in [0.15, 0.2) is 10.9 Å². The van der Waals surface area contributed by atoms with Crippen molar-refractivity contribution in [2.45, 2.75) is 50.2 Å². The van der Waals surface area contributed by atoms with Crippen molar-refractivity contribution in [3.63, 3.8) is 0 Å². The fraction of sp³-hybridized carbons (Fsp3) is 0.280. The van der Waals surface area contributed by atoms with E-state index in [2.05, 4.69) is 21.0 Å². The minimum atomic E-state index is -3.82. The molecule has 0 aliphatic rings. The van der Waals surface area contributed by atoms with Gasteiger partial charge in [-0.25, -0.2) is 18.5 Å². The molecule has 0 saturated carbocycles. The van der Waals surface area contributed by atoms with Crippen LogP contribution in [0, 0.1) is 13.8 Å². The third kappa shape index (κ3) is 4.82. The Morgan fingerprint density at radius 3 is 2.50 bits per heavy atom. The molecule has 2 heterocycles. The Hall–Kier alpha value is -2.88. The number of carbonyl (C=O) groups excluding carboxylic acids is 1. The number of hydrogen-bond acceptors (Lipinski definition) is 5. The maximum Gasteiger partial charge on any atom is 0.238 e. The molecular formula is C25H28N4O3S2. The van der Waals surface area contributed by atoms with Gasteiger partial charge in [-0.2, -0.15) is 0 Å². The van der Waals surface area contributed by atoms with Crippen LogP contribution in [0.2, 0.25) is 0 Å². The zero-order valence-electron chi connectivity index (χ0n) is 19.5. The van der Waals surface area contributed by atoms with E-state index in [1.165, 1.54) is 23.9 Å². The number of benzene rings is 2. The highest BCUT2D eigenvalue weighted by atomic mass is 32.2. The number of hydrogen-bond donors (Lipinski definition) is 1. The predicted octanol–water partition coefficient (Wildman–Crippen LogP) is 4.87. The molecule has 0 saturated heterocycles. The van der Waals surface area contributed by atoms with E-state index < -0.39 is 10.0 Å². The number of nitrogens with two attached hydrogens (primary N) is 1. The first kappa shape index (κ1) is 24.3. The van der Waals surface area contributed by atoms with Crippen molar-refractivity contribution in [1.82, 2.24) is 14.1 Å². The number of Topliss-reactive ketones (excluding diaryl/α,β-unsaturated/α-hetero) is 1. The summed E-state index contributed by atoms with van der Waals surface area (Å²) in [6.45, 7) is 6.80. The van der Waals surface area contributed by atoms with Crippen molar-refractivity contribution in [2.24, 2.45) is 5.14 Å². The predicted molar refractivity (Wildman–Crippen MR) is 136 cm³/mol. The molecule has 9 heteroatoms. The summed E-state index contributed by atoms with van der Waals surface area (Å²) >= 11 is 1.37. The number of thioether (sulfide) groups is 1. The summed E-state index contributed by atoms with van der Waals surface area (Å²) in [5, 5.41) is 5.99. The highest BCUT2D eigenvalue weighted by Gasteiger charge is 2.20. The number of unbranched alkanes of at least 4 members (excludes halogenated alkanes) is 1. The first-order chi connectivity index (χ1) is 16.2. The van der Waals surface area contributed by atoms with Crippen LogP contribution < -0.4 is 5.14 Å². The highest BCUT2D eigenvalue weighted by Crippen LogP contribution is 2.28. The van der Waals surface area contributed by atoms with Gasteiger partial charge < -0.3 is 9.13 Å². The standard InChI is InChI=1S/C25H28N4O3S2/c1-4-5-13-28-23-12-11-20(34(26,31)32)15-22(23)27-25(28)33-16-24(30)21-14-17(2)29(18(21)3)19-9-7-6-8-10-19/h6-12,14-15H,4-5,13,16H2,1-3H3,(H2,26,31,32). The minimum Gasteiger partial charge on any atom is -0.319 e. The van der Waals surface area contributed by atoms with Crippen LogP contribution in [0.15, 0.2) is 64.6 Å². The lowest BCUT2D eigenvalue weighted by molar-refractivity contribution is 0.102. The normalized spacial score (nSPS) is 11.9. The first-order valence-electron chi connectivity index (χ1n) is 11.1. The van der Waals surface area contributed by atoms with Crippen LogP contribution in [-0.4, -0.2) is 34.1 Å². The summed E-state index contributed by atoms with van der Waals surface area (Å²) in [4.78, 5) is 17.9. The molecule has 0 atom stereocenters. The quantitative estimate of drug-likeness (QED) is 0.263. The van der Waals surface area contributed by atoms with Gasteiger partial charge in [-0.3, -0.25) is 4.79 Å². The summed E-state index contributed by atoms with van der Waals surface area (Å²) in [6, 6.07) is 16.6. The van der Waals surface area contributed by atoms with Crippen molar-refractivity contribution in [3.05, 3.63) is 71.5 Å². The number of sulfonamides is 1. The van der Waals surface area contributed by atoms with Crippen molar-refractivity contribution in [2.75, 3.05) is 5.75 Å². The molecule has 2 N–H and O–H groups in total. The number of primary sulfonamides is 1. The zero-order chi connectivity index (χ0) is 24.5. The van der Waals surface area contributed by atoms with Crippen molar-refractivity contribution >= 4 is 38.6 Å². The molecule has 2 aromatic carbocycles. The van der Waals surface area contributed by atoms with Crippen LogP contribution in [0.1, 0.15) is 41.5 Å². The van der Waals surface area contributed by atoms with Crippen molar-refractivity contribution < 1.29 is 13.2 Å². The lowest BCUT2D eigenvalue weighted by Gasteiger charge is -2.10. The van der Waals surface area contributed by atoms with Gasteiger partial charge in [0.25, 0.3) is 0 Å². The maximum atomic E-state index is 13.2. The average Bonchev–Trinajstić information content (AvgIpc) is 3.31. The number of fused-ring (bicyclic) bond motifs is 1. The third-order valence-corrected chi connectivity index (χ3v) is 7.71. The number of para-hydroxylation sites is 1. The van der Waals surface area contributed by atoms with E-state index in [9.17, 15) is 13.2 Å². The lowest BCUT2D eigenvalue weighted by Crippen LogP contribution is -2.11. The summed E-state index contributed by atoms with van der Waals surface area (Å²) in [5.41, 5.74) is 5.02. The number of ketones is 1. The summed E-state index contributed by atoms with van der Waals surface area (Å²) < 4.78 is 27.7. The summed E-state index contributed by atoms with van der Waals surface area (Å²) in [7, 11) is -3.82. The van der Waals surface area contributed by atoms with E-state index in [0.717, 1.165) is 42.0 Å². The van der Waals surface area contributed by atoms with Crippen LogP contribution in [0.4, 0.5) is 0 Å². The molecule has 0 unspecified atom stereocenters. The van der Waals surface area contributed by atoms with E-state index in [1.54, 1.807) is 6.07 Å².